The number of carbonyl (C=O) groups excluding carboxylic acids is 1. The normalized spacial score (nSPS) is 13.5. The average molecular weight is 360 g/mol. The smallest absolute Gasteiger partial charge is 0.259 e. The van der Waals surface area contributed by atoms with Crippen LogP contribution in [0.3, 0.4) is 0 Å². The molecule has 0 radical (unpaired) electrons. The molecule has 132 valence electrons. The number of nitrogens with zero attached hydrogens (tertiary/aromatic N) is 1. The van der Waals surface area contributed by atoms with Crippen molar-refractivity contribution >= 4 is 21.6 Å². The number of hydrogen-bond donors (Lipinski definition) is 1. The number of nitrogens with one attached hydrogen (secondary N) is 1. The van der Waals surface area contributed by atoms with Crippen LogP contribution in [0.15, 0.2) is 47.4 Å². The number of hydrogen-bond acceptors (Lipinski definition) is 4. The summed E-state index contributed by atoms with van der Waals surface area (Å²) in [6.45, 7) is 4.53. The highest BCUT2D eigenvalue weighted by atomic mass is 32.2. The van der Waals surface area contributed by atoms with E-state index in [2.05, 4.69) is 5.32 Å². The number of anilines is 1. The molecule has 1 aliphatic heterocycles. The Balaban J connectivity index is 2.03. The third kappa shape index (κ3) is 3.25. The Labute approximate surface area is 147 Å². The number of para-hydroxylation sites is 2. The highest BCUT2D eigenvalue weighted by Gasteiger charge is 2.27. The molecule has 7 heteroatoms. The second-order valence-corrected chi connectivity index (χ2v) is 7.64. The van der Waals surface area contributed by atoms with Crippen LogP contribution in [-0.2, 0) is 10.0 Å². The first-order chi connectivity index (χ1) is 12.0. The molecule has 1 aliphatic rings. The second-order valence-electron chi connectivity index (χ2n) is 5.71. The van der Waals surface area contributed by atoms with Gasteiger partial charge in [0.15, 0.2) is 5.75 Å². The van der Waals surface area contributed by atoms with E-state index in [0.29, 0.717) is 30.3 Å². The van der Waals surface area contributed by atoms with Gasteiger partial charge in [0.25, 0.3) is 5.91 Å². The van der Waals surface area contributed by atoms with Crippen LogP contribution in [-0.4, -0.2) is 31.7 Å². The molecular weight excluding hydrogens is 340 g/mol. The first kappa shape index (κ1) is 17.4. The molecule has 2 aromatic carbocycles. The van der Waals surface area contributed by atoms with E-state index in [9.17, 15) is 13.2 Å². The molecule has 2 aromatic rings. The monoisotopic (exact) mass is 360 g/mol. The van der Waals surface area contributed by atoms with Crippen molar-refractivity contribution in [1.82, 2.24) is 4.31 Å². The first-order valence-electron chi connectivity index (χ1n) is 8.19. The Morgan fingerprint density at radius 2 is 1.84 bits per heavy atom. The molecule has 3 rings (SSSR count). The van der Waals surface area contributed by atoms with Crippen molar-refractivity contribution < 1.29 is 17.9 Å². The van der Waals surface area contributed by atoms with Gasteiger partial charge in [0.05, 0.1) is 16.1 Å². The Kier molecular flexibility index (Phi) is 4.78. The van der Waals surface area contributed by atoms with E-state index in [1.165, 1.54) is 22.5 Å². The maximum atomic E-state index is 12.8. The van der Waals surface area contributed by atoms with Crippen LogP contribution in [0.2, 0.25) is 0 Å². The van der Waals surface area contributed by atoms with Crippen LogP contribution in [0, 0.1) is 0 Å². The first-order valence-corrected chi connectivity index (χ1v) is 9.63. The van der Waals surface area contributed by atoms with Crippen molar-refractivity contribution in [1.29, 1.82) is 0 Å². The molecule has 0 saturated heterocycles. The van der Waals surface area contributed by atoms with E-state index < -0.39 is 15.9 Å². The fourth-order valence-corrected chi connectivity index (χ4v) is 4.32. The highest BCUT2D eigenvalue weighted by molar-refractivity contribution is 7.89. The molecule has 0 saturated carbocycles. The van der Waals surface area contributed by atoms with Crippen LogP contribution in [0.5, 0.6) is 11.5 Å². The van der Waals surface area contributed by atoms with E-state index in [0.717, 1.165) is 6.42 Å². The Morgan fingerprint density at radius 3 is 2.56 bits per heavy atom. The maximum absolute atomic E-state index is 12.8. The quantitative estimate of drug-likeness (QED) is 0.886. The number of carbonyl (C=O) groups is 1. The lowest BCUT2D eigenvalue weighted by Crippen LogP contribution is -2.31. The topological polar surface area (TPSA) is 75.7 Å². The lowest BCUT2D eigenvalue weighted by Gasteiger charge is -2.20. The van der Waals surface area contributed by atoms with Crippen molar-refractivity contribution in [2.24, 2.45) is 0 Å². The fraction of sp³-hybridized carbons (Fsp3) is 0.278. The number of fused-ring (bicyclic) bond motifs is 2. The largest absolute Gasteiger partial charge is 0.454 e. The van der Waals surface area contributed by atoms with Crippen LogP contribution in [0.4, 0.5) is 5.69 Å². The molecule has 1 N–H and O–H groups in total. The Hall–Kier alpha value is -2.38. The van der Waals surface area contributed by atoms with E-state index in [1.807, 2.05) is 6.92 Å². The van der Waals surface area contributed by atoms with Crippen LogP contribution < -0.4 is 10.1 Å². The molecule has 0 aliphatic carbocycles. The van der Waals surface area contributed by atoms with Gasteiger partial charge < -0.3 is 10.1 Å². The van der Waals surface area contributed by atoms with Crippen LogP contribution in [0.1, 0.15) is 30.6 Å². The van der Waals surface area contributed by atoms with Gasteiger partial charge in [-0.3, -0.25) is 4.79 Å². The molecule has 0 bridgehead atoms. The maximum Gasteiger partial charge on any atom is 0.259 e. The summed E-state index contributed by atoms with van der Waals surface area (Å²) in [6.07, 6.45) is 0.719. The van der Waals surface area contributed by atoms with Gasteiger partial charge in [-0.25, -0.2) is 8.42 Å². The van der Waals surface area contributed by atoms with Crippen molar-refractivity contribution in [2.45, 2.75) is 25.2 Å². The zero-order chi connectivity index (χ0) is 18.0. The van der Waals surface area contributed by atoms with Gasteiger partial charge in [0.1, 0.15) is 5.75 Å². The summed E-state index contributed by atoms with van der Waals surface area (Å²) >= 11 is 0. The molecule has 1 heterocycles. The average Bonchev–Trinajstić information content (AvgIpc) is 2.74. The van der Waals surface area contributed by atoms with Gasteiger partial charge in [-0.15, -0.1) is 0 Å². The van der Waals surface area contributed by atoms with E-state index in [4.69, 9.17) is 4.74 Å². The van der Waals surface area contributed by atoms with Gasteiger partial charge in [0.2, 0.25) is 10.0 Å². The third-order valence-electron chi connectivity index (χ3n) is 4.01. The summed E-state index contributed by atoms with van der Waals surface area (Å²) in [5.74, 6) is 0.460. The second kappa shape index (κ2) is 6.85. The number of rotatable bonds is 5. The summed E-state index contributed by atoms with van der Waals surface area (Å²) in [4.78, 5) is 12.6. The van der Waals surface area contributed by atoms with Gasteiger partial charge >= 0.3 is 0 Å². The van der Waals surface area contributed by atoms with E-state index >= 15 is 0 Å². The SMILES string of the molecule is CCCN(CC)S(=O)(=O)c1ccc2c(c1)C(=O)Nc1ccccc1O2. The van der Waals surface area contributed by atoms with Gasteiger partial charge in [-0.1, -0.05) is 26.0 Å². The van der Waals surface area contributed by atoms with Gasteiger partial charge in [0, 0.05) is 13.1 Å². The molecule has 0 unspecified atom stereocenters. The molecule has 6 nitrogen and oxygen atoms in total. The number of ether oxygens (including phenoxy) is 1. The zero-order valence-electron chi connectivity index (χ0n) is 14.2. The molecule has 1 amide bonds. The number of amides is 1. The van der Waals surface area contributed by atoms with Gasteiger partial charge in [-0.05, 0) is 36.8 Å². The molecule has 25 heavy (non-hydrogen) atoms. The summed E-state index contributed by atoms with van der Waals surface area (Å²) < 4.78 is 32.8. The lowest BCUT2D eigenvalue weighted by molar-refractivity contribution is 0.102. The predicted octanol–water partition coefficient (Wildman–Crippen LogP) is 3.47. The van der Waals surface area contributed by atoms with Crippen LogP contribution >= 0.6 is 0 Å². The lowest BCUT2D eigenvalue weighted by atomic mass is 10.2. The fourth-order valence-electron chi connectivity index (χ4n) is 2.75. The van der Waals surface area contributed by atoms with E-state index in [-0.39, 0.29) is 10.5 Å². The van der Waals surface area contributed by atoms with E-state index in [1.54, 1.807) is 31.2 Å². The molecule has 0 fully saturated rings. The summed E-state index contributed by atoms with van der Waals surface area (Å²) in [5, 5.41) is 2.75. The Bertz CT molecular complexity index is 909. The van der Waals surface area contributed by atoms with Crippen LogP contribution in [0.25, 0.3) is 0 Å². The van der Waals surface area contributed by atoms with Crippen molar-refractivity contribution in [3.05, 3.63) is 48.0 Å². The summed E-state index contributed by atoms with van der Waals surface area (Å²) in [6, 6.07) is 11.5. The molecular formula is C18H20N2O4S. The molecule has 0 spiro atoms. The minimum Gasteiger partial charge on any atom is -0.454 e. The predicted molar refractivity (Wildman–Crippen MR) is 95.6 cm³/mol. The Morgan fingerprint density at radius 1 is 1.08 bits per heavy atom. The number of sulfonamides is 1. The van der Waals surface area contributed by atoms with Gasteiger partial charge in [-0.2, -0.15) is 4.31 Å². The third-order valence-corrected chi connectivity index (χ3v) is 5.98. The molecule has 0 atom stereocenters. The summed E-state index contributed by atoms with van der Waals surface area (Å²) in [5.41, 5.74) is 0.749. The minimum absolute atomic E-state index is 0.0891. The van der Waals surface area contributed by atoms with Crippen molar-refractivity contribution in [2.75, 3.05) is 18.4 Å². The molecule has 0 aromatic heterocycles. The zero-order valence-corrected chi connectivity index (χ0v) is 15.0. The standard InChI is InChI=1S/C18H20N2O4S/c1-3-11-20(4-2)25(22,23)13-9-10-16-14(12-13)18(21)19-15-7-5-6-8-17(15)24-16/h5-10,12H,3-4,11H2,1-2H3,(H,19,21). The van der Waals surface area contributed by atoms with Crippen molar-refractivity contribution in [3.63, 3.8) is 0 Å². The van der Waals surface area contributed by atoms with Crippen molar-refractivity contribution in [3.8, 4) is 11.5 Å². The summed E-state index contributed by atoms with van der Waals surface area (Å²) in [7, 11) is -3.65. The minimum atomic E-state index is -3.65. The highest BCUT2D eigenvalue weighted by Crippen LogP contribution is 2.36. The number of benzene rings is 2.